The number of ether oxygens (including phenoxy) is 4. The third kappa shape index (κ3) is 11.6. The summed E-state index contributed by atoms with van der Waals surface area (Å²) < 4.78 is 21.3. The summed E-state index contributed by atoms with van der Waals surface area (Å²) in [6, 6.07) is 0. The van der Waals surface area contributed by atoms with E-state index >= 15 is 0 Å². The lowest BCUT2D eigenvalue weighted by Crippen LogP contribution is -2.59. The molecule has 1 rings (SSSR count). The molecular weight excluding hydrogens is 436 g/mol. The SMILES string of the molecule is CCCCCCCCCC(=O)OC(COC(=O)CCC)COC1OC(CO)C(O)C(O)C1O. The van der Waals surface area contributed by atoms with E-state index in [0.717, 1.165) is 19.3 Å². The molecule has 1 fully saturated rings. The Bertz CT molecular complexity index is 541. The van der Waals surface area contributed by atoms with Crippen molar-refractivity contribution < 1.29 is 49.0 Å². The maximum Gasteiger partial charge on any atom is 0.306 e. The van der Waals surface area contributed by atoms with Crippen LogP contribution in [0.3, 0.4) is 0 Å². The third-order valence-corrected chi connectivity index (χ3v) is 5.46. The van der Waals surface area contributed by atoms with Crippen molar-refractivity contribution in [3.05, 3.63) is 0 Å². The largest absolute Gasteiger partial charge is 0.462 e. The first kappa shape index (κ1) is 29.7. The van der Waals surface area contributed by atoms with Gasteiger partial charge in [-0.05, 0) is 12.8 Å². The van der Waals surface area contributed by atoms with Crippen LogP contribution in [0.15, 0.2) is 0 Å². The first-order valence-corrected chi connectivity index (χ1v) is 12.1. The van der Waals surface area contributed by atoms with Crippen molar-refractivity contribution in [3.8, 4) is 0 Å². The summed E-state index contributed by atoms with van der Waals surface area (Å²) in [4.78, 5) is 24.0. The van der Waals surface area contributed by atoms with Crippen molar-refractivity contribution in [3.63, 3.8) is 0 Å². The second kappa shape index (κ2) is 17.2. The van der Waals surface area contributed by atoms with E-state index < -0.39 is 55.4 Å². The van der Waals surface area contributed by atoms with E-state index in [9.17, 15) is 30.0 Å². The zero-order valence-electron chi connectivity index (χ0n) is 19.9. The van der Waals surface area contributed by atoms with E-state index in [-0.39, 0.29) is 26.1 Å². The van der Waals surface area contributed by atoms with Crippen molar-refractivity contribution in [2.75, 3.05) is 19.8 Å². The number of hydrogen-bond acceptors (Lipinski definition) is 10. The molecule has 1 aliphatic rings. The minimum Gasteiger partial charge on any atom is -0.462 e. The monoisotopic (exact) mass is 478 g/mol. The first-order chi connectivity index (χ1) is 15.8. The van der Waals surface area contributed by atoms with E-state index in [1.165, 1.54) is 19.3 Å². The number of hydrogen-bond donors (Lipinski definition) is 4. The Balaban J connectivity index is 2.54. The Labute approximate surface area is 196 Å². The molecule has 0 saturated carbocycles. The minimum atomic E-state index is -1.58. The molecule has 0 spiro atoms. The highest BCUT2D eigenvalue weighted by atomic mass is 16.7. The quantitative estimate of drug-likeness (QED) is 0.177. The van der Waals surface area contributed by atoms with Gasteiger partial charge in [-0.2, -0.15) is 0 Å². The molecule has 4 N–H and O–H groups in total. The van der Waals surface area contributed by atoms with Gasteiger partial charge in [-0.15, -0.1) is 0 Å². The van der Waals surface area contributed by atoms with Crippen molar-refractivity contribution in [1.29, 1.82) is 0 Å². The van der Waals surface area contributed by atoms with Gasteiger partial charge >= 0.3 is 11.9 Å². The molecule has 0 bridgehead atoms. The van der Waals surface area contributed by atoms with E-state index in [2.05, 4.69) is 6.92 Å². The summed E-state index contributed by atoms with van der Waals surface area (Å²) >= 11 is 0. The van der Waals surface area contributed by atoms with Gasteiger partial charge in [0.2, 0.25) is 0 Å². The van der Waals surface area contributed by atoms with Gasteiger partial charge in [0.1, 0.15) is 31.0 Å². The van der Waals surface area contributed by atoms with Crippen molar-refractivity contribution in [1.82, 2.24) is 0 Å². The molecule has 1 aliphatic heterocycles. The lowest BCUT2D eigenvalue weighted by Gasteiger charge is -2.39. The van der Waals surface area contributed by atoms with Crippen LogP contribution >= 0.6 is 0 Å². The Morgan fingerprint density at radius 2 is 1.48 bits per heavy atom. The van der Waals surface area contributed by atoms with Gasteiger partial charge in [0.15, 0.2) is 12.4 Å². The Hall–Kier alpha value is -1.30. The van der Waals surface area contributed by atoms with Crippen LogP contribution in [0.25, 0.3) is 0 Å². The highest BCUT2D eigenvalue weighted by Crippen LogP contribution is 2.22. The van der Waals surface area contributed by atoms with Gasteiger partial charge in [-0.1, -0.05) is 52.4 Å². The Kier molecular flexibility index (Phi) is 15.5. The van der Waals surface area contributed by atoms with Crippen LogP contribution in [0.4, 0.5) is 0 Å². The average molecular weight is 479 g/mol. The second-order valence-electron chi connectivity index (χ2n) is 8.45. The van der Waals surface area contributed by atoms with Gasteiger partial charge < -0.3 is 39.4 Å². The number of carbonyl (C=O) groups is 2. The van der Waals surface area contributed by atoms with E-state index in [0.29, 0.717) is 12.8 Å². The molecule has 6 atom stereocenters. The predicted octanol–water partition coefficient (Wildman–Crippen LogP) is 1.20. The second-order valence-corrected chi connectivity index (χ2v) is 8.45. The highest BCUT2D eigenvalue weighted by molar-refractivity contribution is 5.70. The van der Waals surface area contributed by atoms with Crippen LogP contribution in [0, 0.1) is 0 Å². The smallest absolute Gasteiger partial charge is 0.306 e. The summed E-state index contributed by atoms with van der Waals surface area (Å²) in [7, 11) is 0. The predicted molar refractivity (Wildman–Crippen MR) is 118 cm³/mol. The molecule has 0 radical (unpaired) electrons. The Morgan fingerprint density at radius 3 is 2.12 bits per heavy atom. The minimum absolute atomic E-state index is 0.223. The fourth-order valence-corrected chi connectivity index (χ4v) is 3.46. The molecule has 33 heavy (non-hydrogen) atoms. The molecule has 6 unspecified atom stereocenters. The van der Waals surface area contributed by atoms with Crippen LogP contribution in [-0.2, 0) is 28.5 Å². The summed E-state index contributed by atoms with van der Waals surface area (Å²) in [5.41, 5.74) is 0. The zero-order chi connectivity index (χ0) is 24.6. The maximum absolute atomic E-state index is 12.3. The zero-order valence-corrected chi connectivity index (χ0v) is 19.9. The summed E-state index contributed by atoms with van der Waals surface area (Å²) in [6.45, 7) is 2.91. The molecule has 1 heterocycles. The van der Waals surface area contributed by atoms with Crippen LogP contribution in [-0.4, -0.2) is 89.0 Å². The third-order valence-electron chi connectivity index (χ3n) is 5.46. The summed E-state index contributed by atoms with van der Waals surface area (Å²) in [6.07, 6.45) is 0.418. The van der Waals surface area contributed by atoms with Crippen LogP contribution in [0.2, 0.25) is 0 Å². The van der Waals surface area contributed by atoms with Crippen LogP contribution < -0.4 is 0 Å². The van der Waals surface area contributed by atoms with E-state index in [1.807, 2.05) is 6.92 Å². The maximum atomic E-state index is 12.3. The van der Waals surface area contributed by atoms with Crippen molar-refractivity contribution in [2.24, 2.45) is 0 Å². The van der Waals surface area contributed by atoms with Gasteiger partial charge in [-0.3, -0.25) is 9.59 Å². The van der Waals surface area contributed by atoms with Crippen molar-refractivity contribution >= 4 is 11.9 Å². The lowest BCUT2D eigenvalue weighted by atomic mass is 9.99. The van der Waals surface area contributed by atoms with Crippen molar-refractivity contribution in [2.45, 2.75) is 115 Å². The number of unbranched alkanes of at least 4 members (excludes halogenated alkanes) is 6. The number of rotatable bonds is 17. The fraction of sp³-hybridized carbons (Fsp3) is 0.913. The fourth-order valence-electron chi connectivity index (χ4n) is 3.46. The van der Waals surface area contributed by atoms with Gasteiger partial charge in [0, 0.05) is 12.8 Å². The van der Waals surface area contributed by atoms with Gasteiger partial charge in [0.05, 0.1) is 13.2 Å². The number of carbonyl (C=O) groups excluding carboxylic acids is 2. The van der Waals surface area contributed by atoms with Crippen LogP contribution in [0.1, 0.15) is 78.1 Å². The summed E-state index contributed by atoms with van der Waals surface area (Å²) in [5.74, 6) is -0.879. The first-order valence-electron chi connectivity index (χ1n) is 12.1. The number of aliphatic hydroxyl groups is 4. The molecule has 1 saturated heterocycles. The highest BCUT2D eigenvalue weighted by Gasteiger charge is 2.44. The summed E-state index contributed by atoms with van der Waals surface area (Å²) in [5, 5.41) is 39.1. The van der Waals surface area contributed by atoms with Gasteiger partial charge in [-0.25, -0.2) is 0 Å². The Morgan fingerprint density at radius 1 is 0.818 bits per heavy atom. The molecular formula is C23H42O10. The van der Waals surface area contributed by atoms with E-state index in [1.54, 1.807) is 0 Å². The molecule has 0 aromatic rings. The standard InChI is InChI=1S/C23H42O10/c1-3-5-6-7-8-9-10-12-19(26)32-16(14-30-18(25)11-4-2)15-31-23-22(29)21(28)20(27)17(13-24)33-23/h16-17,20-24,27-29H,3-15H2,1-2H3. The van der Waals surface area contributed by atoms with E-state index in [4.69, 9.17) is 18.9 Å². The molecule has 0 aliphatic carbocycles. The normalized spacial score (nSPS) is 26.1. The number of esters is 2. The molecule has 194 valence electrons. The topological polar surface area (TPSA) is 152 Å². The van der Waals surface area contributed by atoms with Crippen LogP contribution in [0.5, 0.6) is 0 Å². The lowest BCUT2D eigenvalue weighted by molar-refractivity contribution is -0.305. The number of aliphatic hydroxyl groups excluding tert-OH is 4. The van der Waals surface area contributed by atoms with Gasteiger partial charge in [0.25, 0.3) is 0 Å². The molecule has 0 aromatic heterocycles. The average Bonchev–Trinajstić information content (AvgIpc) is 2.80. The molecule has 0 amide bonds. The molecule has 10 nitrogen and oxygen atoms in total. The molecule has 10 heteroatoms. The molecule has 0 aromatic carbocycles.